The van der Waals surface area contributed by atoms with Gasteiger partial charge in [-0.05, 0) is 36.1 Å². The molecule has 2 aromatic carbocycles. The second-order valence-electron chi connectivity index (χ2n) is 7.04. The van der Waals surface area contributed by atoms with E-state index in [4.69, 9.17) is 14.2 Å². The summed E-state index contributed by atoms with van der Waals surface area (Å²) in [4.78, 5) is 8.68. The van der Waals surface area contributed by atoms with Crippen LogP contribution in [0.3, 0.4) is 0 Å². The Balaban J connectivity index is 1.48. The van der Waals surface area contributed by atoms with Gasteiger partial charge in [-0.1, -0.05) is 42.5 Å². The Morgan fingerprint density at radius 1 is 0.875 bits per heavy atom. The van der Waals surface area contributed by atoms with Gasteiger partial charge in [-0.25, -0.2) is 4.98 Å². The van der Waals surface area contributed by atoms with E-state index in [0.717, 1.165) is 30.9 Å². The number of aromatic nitrogens is 1. The SMILES string of the molecule is CN=C(NCCCc1ccccc1)NCc1ccc(Oc2c(OC)cccc2OC)nc1. The third-order valence-corrected chi connectivity index (χ3v) is 4.85. The molecule has 0 saturated heterocycles. The molecule has 0 fully saturated rings. The minimum Gasteiger partial charge on any atom is -0.493 e. The lowest BCUT2D eigenvalue weighted by atomic mass is 10.1. The number of nitrogens with one attached hydrogen (secondary N) is 2. The molecule has 0 atom stereocenters. The predicted molar refractivity (Wildman–Crippen MR) is 127 cm³/mol. The van der Waals surface area contributed by atoms with Crippen molar-refractivity contribution >= 4 is 5.96 Å². The van der Waals surface area contributed by atoms with Crippen LogP contribution in [-0.2, 0) is 13.0 Å². The molecule has 0 saturated carbocycles. The first-order valence-corrected chi connectivity index (χ1v) is 10.6. The van der Waals surface area contributed by atoms with E-state index in [1.807, 2.05) is 36.4 Å². The van der Waals surface area contributed by atoms with E-state index < -0.39 is 0 Å². The molecule has 0 aliphatic heterocycles. The number of rotatable bonds is 10. The minimum absolute atomic E-state index is 0.458. The predicted octanol–water partition coefficient (Wildman–Crippen LogP) is 4.19. The highest BCUT2D eigenvalue weighted by Gasteiger charge is 2.13. The Hall–Kier alpha value is -3.74. The fourth-order valence-electron chi connectivity index (χ4n) is 3.15. The zero-order chi connectivity index (χ0) is 22.6. The van der Waals surface area contributed by atoms with Crippen LogP contribution in [0.1, 0.15) is 17.5 Å². The van der Waals surface area contributed by atoms with Gasteiger partial charge in [0, 0.05) is 32.4 Å². The quantitative estimate of drug-likeness (QED) is 0.283. The topological polar surface area (TPSA) is 77.0 Å². The molecule has 0 aliphatic rings. The Bertz CT molecular complexity index is 970. The van der Waals surface area contributed by atoms with Crippen molar-refractivity contribution < 1.29 is 14.2 Å². The van der Waals surface area contributed by atoms with Crippen LogP contribution in [0.2, 0.25) is 0 Å². The number of ether oxygens (including phenoxy) is 3. The van der Waals surface area contributed by atoms with Gasteiger partial charge in [0.05, 0.1) is 14.2 Å². The maximum absolute atomic E-state index is 5.91. The molecule has 32 heavy (non-hydrogen) atoms. The van der Waals surface area contributed by atoms with Crippen LogP contribution in [0, 0.1) is 0 Å². The molecule has 0 bridgehead atoms. The normalized spacial score (nSPS) is 11.0. The number of hydrogen-bond acceptors (Lipinski definition) is 5. The molecule has 0 aliphatic carbocycles. The van der Waals surface area contributed by atoms with Crippen LogP contribution in [0.15, 0.2) is 71.9 Å². The van der Waals surface area contributed by atoms with E-state index in [0.29, 0.717) is 29.7 Å². The number of aliphatic imine (C=N–C) groups is 1. The zero-order valence-corrected chi connectivity index (χ0v) is 18.8. The average molecular weight is 435 g/mol. The van der Waals surface area contributed by atoms with E-state index in [1.165, 1.54) is 5.56 Å². The molecule has 0 spiro atoms. The zero-order valence-electron chi connectivity index (χ0n) is 18.8. The number of methoxy groups -OCH3 is 2. The van der Waals surface area contributed by atoms with E-state index in [-0.39, 0.29) is 0 Å². The smallest absolute Gasteiger partial charge is 0.219 e. The number of benzene rings is 2. The van der Waals surface area contributed by atoms with Gasteiger partial charge in [-0.15, -0.1) is 0 Å². The fraction of sp³-hybridized carbons (Fsp3) is 0.280. The molecule has 0 unspecified atom stereocenters. The van der Waals surface area contributed by atoms with E-state index in [2.05, 4.69) is 44.9 Å². The summed E-state index contributed by atoms with van der Waals surface area (Å²) in [6.07, 6.45) is 3.84. The Morgan fingerprint density at radius 3 is 2.25 bits per heavy atom. The minimum atomic E-state index is 0.458. The van der Waals surface area contributed by atoms with Crippen molar-refractivity contribution in [1.82, 2.24) is 15.6 Å². The maximum Gasteiger partial charge on any atom is 0.219 e. The lowest BCUT2D eigenvalue weighted by Gasteiger charge is -2.14. The van der Waals surface area contributed by atoms with Crippen molar-refractivity contribution in [2.45, 2.75) is 19.4 Å². The van der Waals surface area contributed by atoms with Crippen LogP contribution in [0.5, 0.6) is 23.1 Å². The summed E-state index contributed by atoms with van der Waals surface area (Å²) in [6.45, 7) is 1.45. The number of para-hydroxylation sites is 1. The van der Waals surface area contributed by atoms with Crippen LogP contribution < -0.4 is 24.8 Å². The van der Waals surface area contributed by atoms with Crippen molar-refractivity contribution in [1.29, 1.82) is 0 Å². The molecule has 1 aromatic heterocycles. The first-order chi connectivity index (χ1) is 15.7. The standard InChI is InChI=1S/C25H30N4O3/c1-26-25(27-16-8-11-19-9-5-4-6-10-19)29-18-20-14-15-23(28-17-20)32-24-21(30-2)12-7-13-22(24)31-3/h4-7,9-10,12-15,17H,8,11,16,18H2,1-3H3,(H2,26,27,29). The second-order valence-corrected chi connectivity index (χ2v) is 7.04. The first-order valence-electron chi connectivity index (χ1n) is 10.6. The van der Waals surface area contributed by atoms with Crippen molar-refractivity contribution in [3.63, 3.8) is 0 Å². The highest BCUT2D eigenvalue weighted by molar-refractivity contribution is 5.79. The van der Waals surface area contributed by atoms with Crippen molar-refractivity contribution in [2.24, 2.45) is 4.99 Å². The number of aryl methyl sites for hydroxylation is 1. The van der Waals surface area contributed by atoms with Crippen LogP contribution >= 0.6 is 0 Å². The molecule has 1 heterocycles. The summed E-state index contributed by atoms with van der Waals surface area (Å²) in [7, 11) is 4.95. The van der Waals surface area contributed by atoms with Crippen LogP contribution in [0.25, 0.3) is 0 Å². The van der Waals surface area contributed by atoms with Gasteiger partial charge in [-0.3, -0.25) is 4.99 Å². The molecule has 0 amide bonds. The Morgan fingerprint density at radius 2 is 1.62 bits per heavy atom. The Kier molecular flexibility index (Phi) is 8.74. The number of pyridine rings is 1. The molecular weight excluding hydrogens is 404 g/mol. The van der Waals surface area contributed by atoms with Crippen LogP contribution in [-0.4, -0.2) is 38.8 Å². The third kappa shape index (κ3) is 6.63. The summed E-state index contributed by atoms with van der Waals surface area (Å²) in [6, 6.07) is 19.7. The number of nitrogens with zero attached hydrogens (tertiary/aromatic N) is 2. The first kappa shape index (κ1) is 22.9. The summed E-state index contributed by atoms with van der Waals surface area (Å²) in [5, 5.41) is 6.65. The summed E-state index contributed by atoms with van der Waals surface area (Å²) < 4.78 is 16.6. The van der Waals surface area contributed by atoms with Gasteiger partial charge in [0.2, 0.25) is 11.6 Å². The van der Waals surface area contributed by atoms with E-state index >= 15 is 0 Å². The monoisotopic (exact) mass is 434 g/mol. The van der Waals surface area contributed by atoms with Crippen molar-refractivity contribution in [3.05, 3.63) is 78.0 Å². The highest BCUT2D eigenvalue weighted by Crippen LogP contribution is 2.39. The van der Waals surface area contributed by atoms with Gasteiger partial charge in [0.25, 0.3) is 0 Å². The average Bonchev–Trinajstić information content (AvgIpc) is 2.85. The molecule has 3 rings (SSSR count). The van der Waals surface area contributed by atoms with E-state index in [1.54, 1.807) is 27.5 Å². The second kappa shape index (κ2) is 12.2. The van der Waals surface area contributed by atoms with Gasteiger partial charge in [0.15, 0.2) is 17.5 Å². The van der Waals surface area contributed by atoms with Gasteiger partial charge < -0.3 is 24.8 Å². The molecule has 0 radical (unpaired) electrons. The number of guanidine groups is 1. The maximum atomic E-state index is 5.91. The van der Waals surface area contributed by atoms with Crippen LogP contribution in [0.4, 0.5) is 0 Å². The molecular formula is C25H30N4O3. The van der Waals surface area contributed by atoms with Gasteiger partial charge in [-0.2, -0.15) is 0 Å². The van der Waals surface area contributed by atoms with Crippen molar-refractivity contribution in [3.8, 4) is 23.1 Å². The summed E-state index contributed by atoms with van der Waals surface area (Å²) in [5.74, 6) is 2.88. The van der Waals surface area contributed by atoms with Gasteiger partial charge >= 0.3 is 0 Å². The molecule has 2 N–H and O–H groups in total. The fourth-order valence-corrected chi connectivity index (χ4v) is 3.15. The molecule has 168 valence electrons. The lowest BCUT2D eigenvalue weighted by molar-refractivity contribution is 0.342. The summed E-state index contributed by atoms with van der Waals surface area (Å²) in [5.41, 5.74) is 2.35. The van der Waals surface area contributed by atoms with Gasteiger partial charge in [0.1, 0.15) is 0 Å². The molecule has 3 aromatic rings. The Labute approximate surface area is 189 Å². The third-order valence-electron chi connectivity index (χ3n) is 4.85. The lowest BCUT2D eigenvalue weighted by Crippen LogP contribution is -2.37. The largest absolute Gasteiger partial charge is 0.493 e. The highest BCUT2D eigenvalue weighted by atomic mass is 16.5. The molecule has 7 nitrogen and oxygen atoms in total. The molecule has 7 heteroatoms. The summed E-state index contributed by atoms with van der Waals surface area (Å²) >= 11 is 0. The van der Waals surface area contributed by atoms with Crippen molar-refractivity contribution in [2.75, 3.05) is 27.8 Å². The van der Waals surface area contributed by atoms with E-state index in [9.17, 15) is 0 Å². The number of hydrogen-bond donors (Lipinski definition) is 2.